The highest BCUT2D eigenvalue weighted by Crippen LogP contribution is 2.18. The Kier molecular flexibility index (Phi) is 5.18. The Morgan fingerprint density at radius 2 is 2.04 bits per heavy atom. The van der Waals surface area contributed by atoms with Crippen molar-refractivity contribution in [2.24, 2.45) is 5.10 Å². The van der Waals surface area contributed by atoms with Crippen LogP contribution in [0, 0.1) is 0 Å². The first-order chi connectivity index (χ1) is 12.1. The summed E-state index contributed by atoms with van der Waals surface area (Å²) in [6, 6.07) is 7.44. The quantitative estimate of drug-likeness (QED) is 0.799. The molecule has 1 unspecified atom stereocenters. The van der Waals surface area contributed by atoms with E-state index in [1.54, 1.807) is 11.3 Å². The Morgan fingerprint density at radius 3 is 2.72 bits per heavy atom. The molecule has 0 aliphatic carbocycles. The number of carbonyl (C=O) groups excluding carboxylic acids is 2. The Morgan fingerprint density at radius 1 is 1.32 bits per heavy atom. The molecule has 0 radical (unpaired) electrons. The van der Waals surface area contributed by atoms with Crippen molar-refractivity contribution < 1.29 is 9.59 Å². The highest BCUT2D eigenvalue weighted by molar-refractivity contribution is 5.96. The number of hydrazine groups is 1. The van der Waals surface area contributed by atoms with Crippen molar-refractivity contribution in [3.05, 3.63) is 24.3 Å². The topological polar surface area (TPSA) is 80.3 Å². The molecule has 1 saturated heterocycles. The summed E-state index contributed by atoms with van der Waals surface area (Å²) in [5.41, 5.74) is 4.88. The Hall–Kier alpha value is -2.61. The molecule has 2 N–H and O–H groups in total. The van der Waals surface area contributed by atoms with E-state index < -0.39 is 0 Å². The van der Waals surface area contributed by atoms with Crippen LogP contribution in [0.15, 0.2) is 29.4 Å². The standard InChI is InChI=1S/C17H24N6O2/c1-3-21(4-2)14-7-5-13(6-8-14)20-16(24)11-22-17(25)15-9-10-18-23(15)12-19-22/h5-8,12,15,18H,3-4,9-11H2,1-2H3,(H,20,24). The molecule has 1 fully saturated rings. The molecule has 0 saturated carbocycles. The lowest BCUT2D eigenvalue weighted by molar-refractivity contribution is -0.139. The van der Waals surface area contributed by atoms with Gasteiger partial charge in [-0.05, 0) is 44.5 Å². The van der Waals surface area contributed by atoms with E-state index in [4.69, 9.17) is 0 Å². The van der Waals surface area contributed by atoms with Crippen LogP contribution in [0.2, 0.25) is 0 Å². The molecule has 1 aromatic carbocycles. The van der Waals surface area contributed by atoms with Crippen LogP contribution in [0.3, 0.4) is 0 Å². The van der Waals surface area contributed by atoms with Crippen molar-refractivity contribution in [3.63, 3.8) is 0 Å². The van der Waals surface area contributed by atoms with E-state index in [0.29, 0.717) is 5.69 Å². The first-order valence-electron chi connectivity index (χ1n) is 8.64. The number of fused-ring (bicyclic) bond motifs is 1. The summed E-state index contributed by atoms with van der Waals surface area (Å²) in [5.74, 6) is -0.417. The predicted octanol–water partition coefficient (Wildman–Crippen LogP) is 0.836. The smallest absolute Gasteiger partial charge is 0.267 e. The van der Waals surface area contributed by atoms with Crippen molar-refractivity contribution in [3.8, 4) is 0 Å². The van der Waals surface area contributed by atoms with Gasteiger partial charge in [-0.2, -0.15) is 5.10 Å². The van der Waals surface area contributed by atoms with Crippen LogP contribution in [-0.2, 0) is 9.59 Å². The van der Waals surface area contributed by atoms with Gasteiger partial charge in [0.2, 0.25) is 5.91 Å². The minimum Gasteiger partial charge on any atom is -0.372 e. The number of amides is 2. The Labute approximate surface area is 147 Å². The zero-order valence-corrected chi connectivity index (χ0v) is 14.6. The highest BCUT2D eigenvalue weighted by Gasteiger charge is 2.36. The monoisotopic (exact) mass is 344 g/mol. The summed E-state index contributed by atoms with van der Waals surface area (Å²) >= 11 is 0. The summed E-state index contributed by atoms with van der Waals surface area (Å²) in [7, 11) is 0. The fourth-order valence-corrected chi connectivity index (χ4v) is 3.09. The molecule has 2 amide bonds. The van der Waals surface area contributed by atoms with Crippen LogP contribution in [0.4, 0.5) is 11.4 Å². The largest absolute Gasteiger partial charge is 0.372 e. The molecule has 0 spiro atoms. The van der Waals surface area contributed by atoms with Gasteiger partial charge in [0.15, 0.2) is 0 Å². The van der Waals surface area contributed by atoms with Gasteiger partial charge in [-0.1, -0.05) is 0 Å². The van der Waals surface area contributed by atoms with E-state index >= 15 is 0 Å². The summed E-state index contributed by atoms with van der Waals surface area (Å²) < 4.78 is 0. The van der Waals surface area contributed by atoms with E-state index in [-0.39, 0.29) is 24.4 Å². The lowest BCUT2D eigenvalue weighted by Gasteiger charge is -2.29. The minimum absolute atomic E-state index is 0.0858. The van der Waals surface area contributed by atoms with Crippen LogP contribution in [0.1, 0.15) is 20.3 Å². The third-order valence-electron chi connectivity index (χ3n) is 4.48. The predicted molar refractivity (Wildman–Crippen MR) is 97.1 cm³/mol. The number of carbonyl (C=O) groups is 2. The van der Waals surface area contributed by atoms with Crippen LogP contribution in [-0.4, -0.2) is 60.4 Å². The second kappa shape index (κ2) is 7.52. The number of hydrogen-bond acceptors (Lipinski definition) is 6. The molecule has 2 heterocycles. The number of anilines is 2. The average molecular weight is 344 g/mol. The maximum Gasteiger partial charge on any atom is 0.267 e. The van der Waals surface area contributed by atoms with Gasteiger partial charge in [0, 0.05) is 31.0 Å². The van der Waals surface area contributed by atoms with Crippen molar-refractivity contribution in [2.45, 2.75) is 26.3 Å². The van der Waals surface area contributed by atoms with Crippen LogP contribution in [0.5, 0.6) is 0 Å². The summed E-state index contributed by atoms with van der Waals surface area (Å²) in [6.07, 6.45) is 2.28. The zero-order valence-electron chi connectivity index (χ0n) is 14.6. The first-order valence-corrected chi connectivity index (χ1v) is 8.64. The third-order valence-corrected chi connectivity index (χ3v) is 4.48. The van der Waals surface area contributed by atoms with Crippen LogP contribution in [0.25, 0.3) is 0 Å². The molecule has 2 aliphatic rings. The van der Waals surface area contributed by atoms with Gasteiger partial charge >= 0.3 is 0 Å². The number of hydrogen-bond donors (Lipinski definition) is 2. The molecule has 0 aromatic heterocycles. The van der Waals surface area contributed by atoms with E-state index in [1.807, 2.05) is 24.3 Å². The molecule has 8 heteroatoms. The molecule has 8 nitrogen and oxygen atoms in total. The molecule has 0 bridgehead atoms. The molecule has 1 aromatic rings. The van der Waals surface area contributed by atoms with Gasteiger partial charge in [0.05, 0.1) is 0 Å². The van der Waals surface area contributed by atoms with Crippen molar-refractivity contribution in [1.29, 1.82) is 0 Å². The van der Waals surface area contributed by atoms with E-state index in [0.717, 1.165) is 31.7 Å². The zero-order chi connectivity index (χ0) is 17.8. The molecule has 25 heavy (non-hydrogen) atoms. The van der Waals surface area contributed by atoms with Crippen molar-refractivity contribution in [2.75, 3.05) is 36.4 Å². The third kappa shape index (κ3) is 3.74. The first kappa shape index (κ1) is 17.2. The van der Waals surface area contributed by atoms with Gasteiger partial charge in [0.1, 0.15) is 18.9 Å². The fraction of sp³-hybridized carbons (Fsp3) is 0.471. The second-order valence-electron chi connectivity index (χ2n) is 6.01. The van der Waals surface area contributed by atoms with Crippen LogP contribution < -0.4 is 15.6 Å². The SMILES string of the molecule is CCN(CC)c1ccc(NC(=O)CN2N=CN3NCCC3C2=O)cc1. The maximum absolute atomic E-state index is 12.3. The minimum atomic E-state index is -0.265. The van der Waals surface area contributed by atoms with Crippen LogP contribution >= 0.6 is 0 Å². The fourth-order valence-electron chi connectivity index (χ4n) is 3.09. The highest BCUT2D eigenvalue weighted by atomic mass is 16.2. The van der Waals surface area contributed by atoms with E-state index in [9.17, 15) is 9.59 Å². The van der Waals surface area contributed by atoms with Gasteiger partial charge in [-0.25, -0.2) is 10.4 Å². The Balaban J connectivity index is 1.57. The van der Waals surface area contributed by atoms with E-state index in [2.05, 4.69) is 34.6 Å². The normalized spacial score (nSPS) is 19.1. The average Bonchev–Trinajstić information content (AvgIpc) is 3.09. The summed E-state index contributed by atoms with van der Waals surface area (Å²) in [4.78, 5) is 26.8. The van der Waals surface area contributed by atoms with E-state index in [1.165, 1.54) is 5.01 Å². The van der Waals surface area contributed by atoms with Crippen molar-refractivity contribution >= 4 is 29.5 Å². The Bertz CT molecular complexity index is 656. The molecule has 2 aliphatic heterocycles. The molecule has 3 rings (SSSR count). The second-order valence-corrected chi connectivity index (χ2v) is 6.01. The molecule has 134 valence electrons. The number of hydrazone groups is 1. The van der Waals surface area contributed by atoms with Gasteiger partial charge in [0.25, 0.3) is 5.91 Å². The molecule has 1 atom stereocenters. The lowest BCUT2D eigenvalue weighted by atomic mass is 10.2. The van der Waals surface area contributed by atoms with Gasteiger partial charge in [-0.3, -0.25) is 14.6 Å². The maximum atomic E-state index is 12.3. The number of benzene rings is 1. The summed E-state index contributed by atoms with van der Waals surface area (Å²) in [5, 5.41) is 9.79. The number of rotatable bonds is 6. The van der Waals surface area contributed by atoms with Gasteiger partial charge in [-0.15, -0.1) is 0 Å². The van der Waals surface area contributed by atoms with Crippen molar-refractivity contribution in [1.82, 2.24) is 15.4 Å². The molecular formula is C17H24N6O2. The number of nitrogens with zero attached hydrogens (tertiary/aromatic N) is 4. The van der Waals surface area contributed by atoms with Gasteiger partial charge < -0.3 is 10.2 Å². The summed E-state index contributed by atoms with van der Waals surface area (Å²) in [6.45, 7) is 6.74. The number of nitrogens with one attached hydrogen (secondary N) is 2. The lowest BCUT2D eigenvalue weighted by Crippen LogP contribution is -2.51. The molecular weight excluding hydrogens is 320 g/mol.